The zero-order valence-electron chi connectivity index (χ0n) is 9.75. The van der Waals surface area contributed by atoms with E-state index in [9.17, 15) is 0 Å². The van der Waals surface area contributed by atoms with Crippen LogP contribution in [0.3, 0.4) is 0 Å². The Hall–Kier alpha value is -1.12. The van der Waals surface area contributed by atoms with Gasteiger partial charge in [0.2, 0.25) is 0 Å². The number of hydrogen-bond acceptors (Lipinski definition) is 2. The second kappa shape index (κ2) is 5.25. The fourth-order valence-electron chi connectivity index (χ4n) is 1.91. The molecule has 1 saturated heterocycles. The van der Waals surface area contributed by atoms with Crippen molar-refractivity contribution in [3.8, 4) is 5.75 Å². The minimum absolute atomic E-state index is 0.572. The number of thioether (sulfide) groups is 1. The van der Waals surface area contributed by atoms with Crippen molar-refractivity contribution in [3.63, 3.8) is 0 Å². The summed E-state index contributed by atoms with van der Waals surface area (Å²) in [5, 5.41) is 1.91. The Bertz CT molecular complexity index is 512. The first-order chi connectivity index (χ1) is 8.83. The molecule has 0 radical (unpaired) electrons. The molecule has 1 nitrogen and oxygen atoms in total. The van der Waals surface area contributed by atoms with Crippen molar-refractivity contribution in [1.82, 2.24) is 0 Å². The largest absolute Gasteiger partial charge is 0.492 e. The molecule has 3 rings (SSSR count). The van der Waals surface area contributed by atoms with E-state index in [2.05, 4.69) is 30.3 Å². The maximum atomic E-state index is 5.83. The van der Waals surface area contributed by atoms with E-state index in [0.717, 1.165) is 17.4 Å². The number of rotatable bonds is 4. The van der Waals surface area contributed by atoms with Crippen molar-refractivity contribution in [2.45, 2.75) is 10.5 Å². The molecule has 1 aliphatic rings. The molecule has 18 heavy (non-hydrogen) atoms. The van der Waals surface area contributed by atoms with Crippen LogP contribution in [-0.4, -0.2) is 11.9 Å². The predicted octanol–water partition coefficient (Wildman–Crippen LogP) is 4.58. The fourth-order valence-corrected chi connectivity index (χ4v) is 3.02. The molecule has 1 aliphatic heterocycles. The van der Waals surface area contributed by atoms with Gasteiger partial charge >= 0.3 is 0 Å². The van der Waals surface area contributed by atoms with Crippen LogP contribution in [0.4, 0.5) is 0 Å². The maximum Gasteiger partial charge on any atom is 0.119 e. The maximum absolute atomic E-state index is 5.83. The summed E-state index contributed by atoms with van der Waals surface area (Å²) in [6.45, 7) is 0.756. The summed E-state index contributed by atoms with van der Waals surface area (Å²) in [5.74, 6) is 0.888. The van der Waals surface area contributed by atoms with E-state index in [0.29, 0.717) is 10.5 Å². The molecule has 3 heteroatoms. The molecule has 92 valence electrons. The van der Waals surface area contributed by atoms with Crippen LogP contribution in [0.5, 0.6) is 5.75 Å². The van der Waals surface area contributed by atoms with Crippen molar-refractivity contribution in [2.24, 2.45) is 0 Å². The van der Waals surface area contributed by atoms with E-state index in [-0.39, 0.29) is 0 Å². The topological polar surface area (TPSA) is 9.23 Å². The van der Waals surface area contributed by atoms with Gasteiger partial charge in [0.15, 0.2) is 0 Å². The third-order valence-corrected chi connectivity index (χ3v) is 4.53. The zero-order valence-corrected chi connectivity index (χ0v) is 11.3. The Kier molecular flexibility index (Phi) is 3.48. The third kappa shape index (κ3) is 2.82. The second-order valence-electron chi connectivity index (χ2n) is 4.27. The lowest BCUT2D eigenvalue weighted by atomic mass is 10.1. The number of hydrogen-bond donors (Lipinski definition) is 0. The van der Waals surface area contributed by atoms with Crippen molar-refractivity contribution < 1.29 is 4.74 Å². The molecule has 2 unspecified atom stereocenters. The Morgan fingerprint density at radius 1 is 1.00 bits per heavy atom. The van der Waals surface area contributed by atoms with Gasteiger partial charge in [0.1, 0.15) is 12.4 Å². The normalized spacial score (nSPS) is 21.6. The van der Waals surface area contributed by atoms with Crippen LogP contribution in [0.25, 0.3) is 0 Å². The Labute approximate surface area is 116 Å². The molecule has 0 spiro atoms. The molecule has 2 aromatic rings. The number of benzene rings is 2. The zero-order chi connectivity index (χ0) is 12.4. The lowest BCUT2D eigenvalue weighted by molar-refractivity contribution is 0.325. The molecule has 0 amide bonds. The van der Waals surface area contributed by atoms with Gasteiger partial charge in [-0.25, -0.2) is 0 Å². The van der Waals surface area contributed by atoms with Crippen LogP contribution < -0.4 is 4.74 Å². The minimum atomic E-state index is 0.572. The van der Waals surface area contributed by atoms with Gasteiger partial charge in [0.25, 0.3) is 0 Å². The van der Waals surface area contributed by atoms with Gasteiger partial charge in [0, 0.05) is 10.3 Å². The average Bonchev–Trinajstić information content (AvgIpc) is 3.19. The first-order valence-electron chi connectivity index (χ1n) is 5.92. The van der Waals surface area contributed by atoms with Crippen LogP contribution >= 0.6 is 23.4 Å². The molecule has 0 aliphatic carbocycles. The van der Waals surface area contributed by atoms with E-state index in [1.165, 1.54) is 5.56 Å². The van der Waals surface area contributed by atoms with Crippen molar-refractivity contribution in [1.29, 1.82) is 0 Å². The quantitative estimate of drug-likeness (QED) is 0.756. The summed E-state index contributed by atoms with van der Waals surface area (Å²) in [6.07, 6.45) is 0. The summed E-state index contributed by atoms with van der Waals surface area (Å²) < 4.78 is 5.76. The molecule has 0 aromatic heterocycles. The Morgan fingerprint density at radius 2 is 1.72 bits per heavy atom. The monoisotopic (exact) mass is 276 g/mol. The number of halogens is 1. The van der Waals surface area contributed by atoms with Crippen LogP contribution in [0, 0.1) is 0 Å². The first kappa shape index (κ1) is 11.9. The van der Waals surface area contributed by atoms with Crippen LogP contribution in [0.2, 0.25) is 5.02 Å². The van der Waals surface area contributed by atoms with E-state index in [1.54, 1.807) is 0 Å². The minimum Gasteiger partial charge on any atom is -0.492 e. The van der Waals surface area contributed by atoms with E-state index in [4.69, 9.17) is 16.3 Å². The molecule has 0 saturated carbocycles. The molecular weight excluding hydrogens is 264 g/mol. The highest BCUT2D eigenvalue weighted by molar-refractivity contribution is 8.07. The molecule has 1 heterocycles. The molecular formula is C15H13ClOS. The van der Waals surface area contributed by atoms with Crippen LogP contribution in [0.15, 0.2) is 54.6 Å². The van der Waals surface area contributed by atoms with Crippen molar-refractivity contribution >= 4 is 23.4 Å². The van der Waals surface area contributed by atoms with Gasteiger partial charge in [-0.15, -0.1) is 11.8 Å². The van der Waals surface area contributed by atoms with Gasteiger partial charge in [-0.3, -0.25) is 0 Å². The average molecular weight is 277 g/mol. The standard InChI is InChI=1S/C15H13ClOS/c16-12-6-8-13(9-7-12)17-10-14-15(18-14)11-4-2-1-3-5-11/h1-9,14-15H,10H2. The van der Waals surface area contributed by atoms with Gasteiger partial charge in [-0.2, -0.15) is 0 Å². The van der Waals surface area contributed by atoms with Gasteiger partial charge in [0.05, 0.1) is 5.25 Å². The Balaban J connectivity index is 1.53. The lowest BCUT2D eigenvalue weighted by Crippen LogP contribution is -2.04. The van der Waals surface area contributed by atoms with Crippen molar-refractivity contribution in [3.05, 3.63) is 65.2 Å². The highest BCUT2D eigenvalue weighted by Crippen LogP contribution is 2.54. The van der Waals surface area contributed by atoms with E-state index < -0.39 is 0 Å². The highest BCUT2D eigenvalue weighted by atomic mass is 35.5. The summed E-state index contributed by atoms with van der Waals surface area (Å²) in [6, 6.07) is 18.1. The van der Waals surface area contributed by atoms with Gasteiger partial charge in [-0.05, 0) is 29.8 Å². The van der Waals surface area contributed by atoms with Crippen LogP contribution in [-0.2, 0) is 0 Å². The molecule has 2 aromatic carbocycles. The number of ether oxygens (including phenoxy) is 1. The highest BCUT2D eigenvalue weighted by Gasteiger charge is 2.39. The summed E-state index contributed by atoms with van der Waals surface area (Å²) in [5.41, 5.74) is 1.40. The Morgan fingerprint density at radius 3 is 2.44 bits per heavy atom. The van der Waals surface area contributed by atoms with E-state index >= 15 is 0 Å². The van der Waals surface area contributed by atoms with Gasteiger partial charge < -0.3 is 4.74 Å². The van der Waals surface area contributed by atoms with Crippen molar-refractivity contribution in [2.75, 3.05) is 6.61 Å². The molecule has 0 bridgehead atoms. The molecule has 2 atom stereocenters. The SMILES string of the molecule is Clc1ccc(OCC2SC2c2ccccc2)cc1. The lowest BCUT2D eigenvalue weighted by Gasteiger charge is -2.04. The predicted molar refractivity (Wildman–Crippen MR) is 77.5 cm³/mol. The fraction of sp³-hybridized carbons (Fsp3) is 0.200. The summed E-state index contributed by atoms with van der Waals surface area (Å²) >= 11 is 7.79. The van der Waals surface area contributed by atoms with E-state index in [1.807, 2.05) is 36.0 Å². The third-order valence-electron chi connectivity index (χ3n) is 2.94. The van der Waals surface area contributed by atoms with Crippen LogP contribution in [0.1, 0.15) is 10.8 Å². The second-order valence-corrected chi connectivity index (χ2v) is 6.09. The summed E-state index contributed by atoms with van der Waals surface area (Å²) in [4.78, 5) is 0. The molecule has 1 fully saturated rings. The molecule has 0 N–H and O–H groups in total. The smallest absolute Gasteiger partial charge is 0.119 e. The summed E-state index contributed by atoms with van der Waals surface area (Å²) in [7, 11) is 0. The van der Waals surface area contributed by atoms with Gasteiger partial charge in [-0.1, -0.05) is 41.9 Å². The first-order valence-corrected chi connectivity index (χ1v) is 7.24.